The molecule has 26 heavy (non-hydrogen) atoms. The molecule has 0 saturated heterocycles. The van der Waals surface area contributed by atoms with E-state index < -0.39 is 5.92 Å². The minimum atomic E-state index is -0.794. The van der Waals surface area contributed by atoms with E-state index in [1.165, 1.54) is 22.4 Å². The molecule has 2 aliphatic carbocycles. The van der Waals surface area contributed by atoms with Crippen molar-refractivity contribution in [2.75, 3.05) is 6.61 Å². The van der Waals surface area contributed by atoms with Crippen LogP contribution in [0.2, 0.25) is 0 Å². The Bertz CT molecular complexity index is 755. The lowest BCUT2D eigenvalue weighted by Crippen LogP contribution is -2.38. The lowest BCUT2D eigenvalue weighted by Gasteiger charge is -2.30. The number of aliphatic imine (C=N–C) groups is 1. The van der Waals surface area contributed by atoms with E-state index in [1.807, 2.05) is 13.8 Å². The third-order valence-electron chi connectivity index (χ3n) is 4.97. The van der Waals surface area contributed by atoms with E-state index in [4.69, 9.17) is 4.74 Å². The van der Waals surface area contributed by atoms with E-state index in [2.05, 4.69) is 4.99 Å². The van der Waals surface area contributed by atoms with Gasteiger partial charge < -0.3 is 4.74 Å². The number of aryl methyl sites for hydroxylation is 1. The van der Waals surface area contributed by atoms with E-state index in [1.54, 1.807) is 6.92 Å². The summed E-state index contributed by atoms with van der Waals surface area (Å²) in [6.07, 6.45) is 6.14. The first-order chi connectivity index (χ1) is 12.3. The standard InChI is InChI=1S/C20H25NO4S/c1-4-25-19(24)17-12-7-5-6-8-16(12)26-18(17)21-11-13-14(22)9-20(2,3)10-15(13)23/h11,13H,4-10H2,1-3H3. The maximum absolute atomic E-state index is 12.4. The lowest BCUT2D eigenvalue weighted by atomic mass is 9.72. The van der Waals surface area contributed by atoms with Gasteiger partial charge in [0.15, 0.2) is 0 Å². The van der Waals surface area contributed by atoms with Crippen LogP contribution < -0.4 is 0 Å². The molecule has 140 valence electrons. The van der Waals surface area contributed by atoms with E-state index in [0.29, 0.717) is 30.0 Å². The maximum atomic E-state index is 12.4. The van der Waals surface area contributed by atoms with Crippen molar-refractivity contribution >= 4 is 40.1 Å². The van der Waals surface area contributed by atoms with Crippen molar-refractivity contribution in [2.24, 2.45) is 16.3 Å². The van der Waals surface area contributed by atoms with Gasteiger partial charge in [-0.15, -0.1) is 11.3 Å². The second-order valence-electron chi connectivity index (χ2n) is 7.82. The molecule has 0 amide bonds. The molecule has 0 aliphatic heterocycles. The minimum Gasteiger partial charge on any atom is -0.462 e. The van der Waals surface area contributed by atoms with Gasteiger partial charge in [0.05, 0.1) is 12.2 Å². The fraction of sp³-hybridized carbons (Fsp3) is 0.600. The van der Waals surface area contributed by atoms with Crippen LogP contribution in [0.15, 0.2) is 4.99 Å². The summed E-state index contributed by atoms with van der Waals surface area (Å²) in [6.45, 7) is 5.95. The molecular weight excluding hydrogens is 350 g/mol. The molecule has 1 saturated carbocycles. The SMILES string of the molecule is CCOC(=O)c1c(N=CC2C(=O)CC(C)(C)CC2=O)sc2c1CCCC2. The molecular formula is C20H25NO4S. The molecule has 1 fully saturated rings. The molecule has 3 rings (SSSR count). The summed E-state index contributed by atoms with van der Waals surface area (Å²) in [7, 11) is 0. The third-order valence-corrected chi connectivity index (χ3v) is 6.17. The van der Waals surface area contributed by atoms with Gasteiger partial charge in [-0.25, -0.2) is 9.79 Å². The van der Waals surface area contributed by atoms with Gasteiger partial charge in [0, 0.05) is 23.9 Å². The average molecular weight is 375 g/mol. The number of ketones is 2. The van der Waals surface area contributed by atoms with Crippen LogP contribution in [0.4, 0.5) is 5.00 Å². The van der Waals surface area contributed by atoms with Crippen LogP contribution in [0, 0.1) is 11.3 Å². The molecule has 1 aromatic heterocycles. The monoisotopic (exact) mass is 375 g/mol. The van der Waals surface area contributed by atoms with Crippen molar-refractivity contribution in [1.29, 1.82) is 0 Å². The number of nitrogens with zero attached hydrogens (tertiary/aromatic N) is 1. The number of hydrogen-bond donors (Lipinski definition) is 0. The van der Waals surface area contributed by atoms with Crippen LogP contribution in [0.5, 0.6) is 0 Å². The van der Waals surface area contributed by atoms with E-state index in [0.717, 1.165) is 31.2 Å². The largest absolute Gasteiger partial charge is 0.462 e. The first kappa shape index (κ1) is 19.0. The highest BCUT2D eigenvalue weighted by Crippen LogP contribution is 2.40. The zero-order valence-electron chi connectivity index (χ0n) is 15.6. The van der Waals surface area contributed by atoms with Gasteiger partial charge in [0.25, 0.3) is 0 Å². The maximum Gasteiger partial charge on any atom is 0.341 e. The summed E-state index contributed by atoms with van der Waals surface area (Å²) in [5, 5.41) is 0.570. The normalized spacial score (nSPS) is 20.4. The van der Waals surface area contributed by atoms with Gasteiger partial charge in [-0.3, -0.25) is 9.59 Å². The number of thiophene rings is 1. The molecule has 0 spiro atoms. The molecule has 0 unspecified atom stereocenters. The van der Waals surface area contributed by atoms with Gasteiger partial charge in [0.2, 0.25) is 0 Å². The second kappa shape index (κ2) is 7.43. The smallest absolute Gasteiger partial charge is 0.341 e. The molecule has 0 bridgehead atoms. The van der Waals surface area contributed by atoms with Gasteiger partial charge >= 0.3 is 5.97 Å². The van der Waals surface area contributed by atoms with Crippen molar-refractivity contribution < 1.29 is 19.1 Å². The number of esters is 1. The number of fused-ring (bicyclic) bond motifs is 1. The number of rotatable bonds is 4. The van der Waals surface area contributed by atoms with Crippen molar-refractivity contribution in [2.45, 2.75) is 59.3 Å². The summed E-state index contributed by atoms with van der Waals surface area (Å²) in [5.74, 6) is -1.33. The molecule has 0 N–H and O–H groups in total. The Morgan fingerprint density at radius 1 is 1.23 bits per heavy atom. The van der Waals surface area contributed by atoms with Gasteiger partial charge in [-0.2, -0.15) is 0 Å². The summed E-state index contributed by atoms with van der Waals surface area (Å²) < 4.78 is 5.21. The summed E-state index contributed by atoms with van der Waals surface area (Å²) in [4.78, 5) is 42.8. The Morgan fingerprint density at radius 3 is 2.54 bits per heavy atom. The van der Waals surface area contributed by atoms with E-state index in [9.17, 15) is 14.4 Å². The Labute approximate surface area is 157 Å². The number of Topliss-reactive ketones (excluding diaryl/α,β-unsaturated/α-hetero) is 2. The molecule has 1 heterocycles. The first-order valence-corrected chi connectivity index (χ1v) is 10.1. The molecule has 0 atom stereocenters. The molecule has 0 aromatic carbocycles. The highest BCUT2D eigenvalue weighted by molar-refractivity contribution is 7.16. The van der Waals surface area contributed by atoms with Crippen LogP contribution in [0.25, 0.3) is 0 Å². The fourth-order valence-corrected chi connectivity index (χ4v) is 5.00. The highest BCUT2D eigenvalue weighted by atomic mass is 32.1. The zero-order valence-corrected chi connectivity index (χ0v) is 16.4. The van der Waals surface area contributed by atoms with Crippen LogP contribution >= 0.6 is 11.3 Å². The van der Waals surface area contributed by atoms with Crippen LogP contribution in [0.3, 0.4) is 0 Å². The predicted molar refractivity (Wildman–Crippen MR) is 102 cm³/mol. The highest BCUT2D eigenvalue weighted by Gasteiger charge is 2.38. The number of carbonyl (C=O) groups is 3. The fourth-order valence-electron chi connectivity index (χ4n) is 3.77. The Balaban J connectivity index is 1.91. The number of ether oxygens (including phenoxy) is 1. The predicted octanol–water partition coefficient (Wildman–Crippen LogP) is 4.08. The summed E-state index contributed by atoms with van der Waals surface area (Å²) in [5.41, 5.74) is 1.28. The molecule has 1 aromatic rings. The first-order valence-electron chi connectivity index (χ1n) is 9.23. The van der Waals surface area contributed by atoms with E-state index >= 15 is 0 Å². The summed E-state index contributed by atoms with van der Waals surface area (Å²) in [6, 6.07) is 0. The Hall–Kier alpha value is -1.82. The van der Waals surface area contributed by atoms with Crippen LogP contribution in [-0.4, -0.2) is 30.4 Å². The van der Waals surface area contributed by atoms with Crippen molar-refractivity contribution in [3.63, 3.8) is 0 Å². The van der Waals surface area contributed by atoms with Crippen molar-refractivity contribution in [1.82, 2.24) is 0 Å². The van der Waals surface area contributed by atoms with Gasteiger partial charge in [-0.1, -0.05) is 13.8 Å². The number of hydrogen-bond acceptors (Lipinski definition) is 6. The average Bonchev–Trinajstić information content (AvgIpc) is 2.91. The second-order valence-corrected chi connectivity index (χ2v) is 8.90. The van der Waals surface area contributed by atoms with Crippen molar-refractivity contribution in [3.05, 3.63) is 16.0 Å². The molecule has 5 nitrogen and oxygen atoms in total. The zero-order chi connectivity index (χ0) is 18.9. The minimum absolute atomic E-state index is 0.0889. The molecule has 2 aliphatic rings. The molecule has 6 heteroatoms. The Kier molecular flexibility index (Phi) is 5.42. The van der Waals surface area contributed by atoms with Crippen LogP contribution in [-0.2, 0) is 27.2 Å². The third kappa shape index (κ3) is 3.80. The number of carbonyl (C=O) groups excluding carboxylic acids is 3. The Morgan fingerprint density at radius 2 is 1.88 bits per heavy atom. The van der Waals surface area contributed by atoms with Crippen molar-refractivity contribution in [3.8, 4) is 0 Å². The van der Waals surface area contributed by atoms with Crippen LogP contribution in [0.1, 0.15) is 67.3 Å². The van der Waals surface area contributed by atoms with E-state index in [-0.39, 0.29) is 23.0 Å². The lowest BCUT2D eigenvalue weighted by molar-refractivity contribution is -0.136. The molecule has 0 radical (unpaired) electrons. The topological polar surface area (TPSA) is 72.8 Å². The van der Waals surface area contributed by atoms with Gasteiger partial charge in [-0.05, 0) is 43.6 Å². The summed E-state index contributed by atoms with van der Waals surface area (Å²) >= 11 is 1.49. The quantitative estimate of drug-likeness (QED) is 0.451. The van der Waals surface area contributed by atoms with Gasteiger partial charge in [0.1, 0.15) is 22.5 Å².